The van der Waals surface area contributed by atoms with Gasteiger partial charge in [-0.3, -0.25) is 9.59 Å². The zero-order chi connectivity index (χ0) is 11.3. The fourth-order valence-corrected chi connectivity index (χ4v) is 2.25. The number of aliphatic carboxylic acids is 1. The molecule has 0 bridgehead atoms. The maximum atomic E-state index is 11.4. The minimum Gasteiger partial charge on any atom is -0.481 e. The first-order chi connectivity index (χ1) is 7.15. The summed E-state index contributed by atoms with van der Waals surface area (Å²) < 4.78 is 1.69. The molecule has 0 aliphatic carbocycles. The smallest absolute Gasteiger partial charge is 0.307 e. The van der Waals surface area contributed by atoms with Crippen LogP contribution in [0.2, 0.25) is 0 Å². The zero-order valence-corrected chi connectivity index (χ0v) is 9.55. The van der Waals surface area contributed by atoms with E-state index < -0.39 is 5.97 Å². The van der Waals surface area contributed by atoms with Crippen molar-refractivity contribution in [3.05, 3.63) is 20.7 Å². The molecular weight excluding hydrogens is 214 g/mol. The van der Waals surface area contributed by atoms with E-state index in [1.165, 1.54) is 11.3 Å². The fraction of sp³-hybridized carbons (Fsp3) is 0.600. The van der Waals surface area contributed by atoms with Crippen LogP contribution in [0.5, 0.6) is 0 Å². The summed E-state index contributed by atoms with van der Waals surface area (Å²) in [6, 6.07) is 0. The quantitative estimate of drug-likeness (QED) is 0.808. The molecule has 0 aliphatic heterocycles. The van der Waals surface area contributed by atoms with Crippen LogP contribution in [0.4, 0.5) is 0 Å². The van der Waals surface area contributed by atoms with E-state index in [1.54, 1.807) is 4.57 Å². The van der Waals surface area contributed by atoms with Gasteiger partial charge in [-0.05, 0) is 12.8 Å². The molecule has 0 radical (unpaired) electrons. The number of carbonyl (C=O) groups is 1. The average Bonchev–Trinajstić information content (AvgIpc) is 2.50. The van der Waals surface area contributed by atoms with Gasteiger partial charge in [-0.15, -0.1) is 0 Å². The monoisotopic (exact) mass is 229 g/mol. The molecule has 0 aliphatic rings. The Balaban J connectivity index is 2.62. The van der Waals surface area contributed by atoms with Gasteiger partial charge in [-0.25, -0.2) is 0 Å². The van der Waals surface area contributed by atoms with E-state index >= 15 is 0 Å². The van der Waals surface area contributed by atoms with Crippen LogP contribution < -0.4 is 4.87 Å². The average molecular weight is 229 g/mol. The Bertz CT molecular complexity index is 380. The molecule has 0 aromatic carbocycles. The summed E-state index contributed by atoms with van der Waals surface area (Å²) in [6.45, 7) is 2.58. The molecule has 4 nitrogen and oxygen atoms in total. The maximum absolute atomic E-state index is 11.4. The van der Waals surface area contributed by atoms with Gasteiger partial charge >= 0.3 is 10.8 Å². The van der Waals surface area contributed by atoms with Crippen molar-refractivity contribution in [3.63, 3.8) is 0 Å². The normalized spacial score (nSPS) is 10.5. The summed E-state index contributed by atoms with van der Waals surface area (Å²) in [5.41, 5.74) is 1.03. The number of nitrogens with zero attached hydrogens (tertiary/aromatic N) is 1. The van der Waals surface area contributed by atoms with Gasteiger partial charge < -0.3 is 9.67 Å². The lowest BCUT2D eigenvalue weighted by Gasteiger charge is -2.04. The summed E-state index contributed by atoms with van der Waals surface area (Å²) in [7, 11) is 0. The Morgan fingerprint density at radius 3 is 2.93 bits per heavy atom. The molecule has 0 fully saturated rings. The molecule has 0 saturated heterocycles. The van der Waals surface area contributed by atoms with Gasteiger partial charge in [0.05, 0.1) is 0 Å². The summed E-state index contributed by atoms with van der Waals surface area (Å²) in [5, 5.41) is 10.4. The summed E-state index contributed by atoms with van der Waals surface area (Å²) in [5.74, 6) is -0.810. The van der Waals surface area contributed by atoms with Crippen molar-refractivity contribution in [1.29, 1.82) is 0 Å². The van der Waals surface area contributed by atoms with E-state index in [9.17, 15) is 9.59 Å². The topological polar surface area (TPSA) is 59.3 Å². The Morgan fingerprint density at radius 1 is 1.60 bits per heavy atom. The highest BCUT2D eigenvalue weighted by Crippen LogP contribution is 2.06. The van der Waals surface area contributed by atoms with Crippen molar-refractivity contribution in [2.45, 2.75) is 39.2 Å². The number of carboxylic acids is 1. The van der Waals surface area contributed by atoms with Crippen LogP contribution in [-0.2, 0) is 17.8 Å². The van der Waals surface area contributed by atoms with Gasteiger partial charge in [0.1, 0.15) is 0 Å². The number of rotatable bonds is 6. The predicted octanol–water partition coefficient (Wildman–Crippen LogP) is 1.73. The number of carboxylic acid groups (broad SMARTS) is 1. The Hall–Kier alpha value is -1.10. The lowest BCUT2D eigenvalue weighted by molar-refractivity contribution is -0.137. The SMILES string of the molecule is CCCc1csc(=O)n1CCCC(=O)O. The number of thiazole rings is 1. The second-order valence-corrected chi connectivity index (χ2v) is 4.21. The summed E-state index contributed by atoms with van der Waals surface area (Å²) in [6.07, 6.45) is 2.51. The minimum atomic E-state index is -0.810. The number of hydrogen-bond donors (Lipinski definition) is 1. The molecule has 5 heteroatoms. The van der Waals surface area contributed by atoms with Gasteiger partial charge in [-0.2, -0.15) is 0 Å². The van der Waals surface area contributed by atoms with E-state index in [0.717, 1.165) is 18.5 Å². The molecular formula is C10H15NO3S. The van der Waals surface area contributed by atoms with Crippen LogP contribution >= 0.6 is 11.3 Å². The molecule has 1 aromatic heterocycles. The fourth-order valence-electron chi connectivity index (χ4n) is 1.44. The lowest BCUT2D eigenvalue weighted by Crippen LogP contribution is -2.16. The highest BCUT2D eigenvalue weighted by atomic mass is 32.1. The summed E-state index contributed by atoms with van der Waals surface area (Å²) >= 11 is 1.19. The Morgan fingerprint density at radius 2 is 2.33 bits per heavy atom. The molecule has 15 heavy (non-hydrogen) atoms. The van der Waals surface area contributed by atoms with Gasteiger partial charge in [0, 0.05) is 24.0 Å². The maximum Gasteiger partial charge on any atom is 0.307 e. The first-order valence-electron chi connectivity index (χ1n) is 5.04. The molecule has 1 heterocycles. The van der Waals surface area contributed by atoms with Gasteiger partial charge in [-0.1, -0.05) is 24.7 Å². The van der Waals surface area contributed by atoms with E-state index in [0.29, 0.717) is 13.0 Å². The third-order valence-electron chi connectivity index (χ3n) is 2.14. The first kappa shape index (κ1) is 12.0. The van der Waals surface area contributed by atoms with Crippen molar-refractivity contribution in [3.8, 4) is 0 Å². The van der Waals surface area contributed by atoms with Gasteiger partial charge in [0.15, 0.2) is 0 Å². The van der Waals surface area contributed by atoms with Crippen molar-refractivity contribution in [2.24, 2.45) is 0 Å². The number of aryl methyl sites for hydroxylation is 1. The second kappa shape index (κ2) is 5.70. The molecule has 0 unspecified atom stereocenters. The minimum absolute atomic E-state index is 0.0174. The Labute approximate surface area is 92.2 Å². The van der Waals surface area contributed by atoms with Crippen LogP contribution in [-0.4, -0.2) is 15.6 Å². The van der Waals surface area contributed by atoms with Gasteiger partial charge in [0.2, 0.25) is 0 Å². The summed E-state index contributed by atoms with van der Waals surface area (Å²) in [4.78, 5) is 21.8. The molecule has 0 spiro atoms. The molecule has 84 valence electrons. The standard InChI is InChI=1S/C10H15NO3S/c1-2-4-8-7-15-10(14)11(8)6-3-5-9(12)13/h7H,2-6H2,1H3,(H,12,13). The lowest BCUT2D eigenvalue weighted by atomic mass is 10.2. The molecule has 0 atom stereocenters. The van der Waals surface area contributed by atoms with Gasteiger partial charge in [0.25, 0.3) is 0 Å². The molecule has 1 aromatic rings. The largest absolute Gasteiger partial charge is 0.481 e. The molecule has 1 rings (SSSR count). The molecule has 1 N–H and O–H groups in total. The highest BCUT2D eigenvalue weighted by molar-refractivity contribution is 7.07. The van der Waals surface area contributed by atoms with Crippen LogP contribution in [0.15, 0.2) is 10.2 Å². The third kappa shape index (κ3) is 3.51. The first-order valence-corrected chi connectivity index (χ1v) is 5.92. The van der Waals surface area contributed by atoms with Crippen molar-refractivity contribution >= 4 is 17.3 Å². The van der Waals surface area contributed by atoms with Crippen molar-refractivity contribution in [1.82, 2.24) is 4.57 Å². The molecule has 0 amide bonds. The van der Waals surface area contributed by atoms with Crippen LogP contribution in [0.25, 0.3) is 0 Å². The van der Waals surface area contributed by atoms with E-state index in [-0.39, 0.29) is 11.3 Å². The Kier molecular flexibility index (Phi) is 4.55. The predicted molar refractivity (Wildman–Crippen MR) is 59.4 cm³/mol. The number of aromatic nitrogens is 1. The second-order valence-electron chi connectivity index (χ2n) is 3.39. The zero-order valence-electron chi connectivity index (χ0n) is 8.73. The van der Waals surface area contributed by atoms with Crippen LogP contribution in [0.3, 0.4) is 0 Å². The molecule has 0 saturated carbocycles. The van der Waals surface area contributed by atoms with E-state index in [1.807, 2.05) is 5.38 Å². The van der Waals surface area contributed by atoms with Crippen molar-refractivity contribution in [2.75, 3.05) is 0 Å². The van der Waals surface area contributed by atoms with E-state index in [2.05, 4.69) is 6.92 Å². The number of hydrogen-bond acceptors (Lipinski definition) is 3. The van der Waals surface area contributed by atoms with Crippen molar-refractivity contribution < 1.29 is 9.90 Å². The third-order valence-corrected chi connectivity index (χ3v) is 2.95. The highest BCUT2D eigenvalue weighted by Gasteiger charge is 2.06. The van der Waals surface area contributed by atoms with E-state index in [4.69, 9.17) is 5.11 Å². The van der Waals surface area contributed by atoms with Crippen LogP contribution in [0.1, 0.15) is 31.9 Å². The van der Waals surface area contributed by atoms with Crippen LogP contribution in [0, 0.1) is 0 Å².